The molecule has 0 saturated carbocycles. The molecule has 1 aliphatic rings. The number of carbonyl (C=O) groups excluding carboxylic acids is 1. The van der Waals surface area contributed by atoms with Crippen molar-refractivity contribution >= 4 is 56.4 Å². The Hall–Kier alpha value is -3.33. The second-order valence-corrected chi connectivity index (χ2v) is 9.55. The zero-order valence-electron chi connectivity index (χ0n) is 16.4. The van der Waals surface area contributed by atoms with Crippen molar-refractivity contribution in [2.45, 2.75) is 6.54 Å². The van der Waals surface area contributed by atoms with E-state index in [1.54, 1.807) is 11.0 Å². The number of rotatable bonds is 3. The molecule has 0 radical (unpaired) electrons. The maximum atomic E-state index is 13.5. The molecule has 156 valence electrons. The van der Waals surface area contributed by atoms with Crippen LogP contribution >= 0.6 is 34.3 Å². The maximum Gasteiger partial charge on any atom is 0.291 e. The first-order valence-corrected chi connectivity index (χ1v) is 11.8. The van der Waals surface area contributed by atoms with E-state index in [-0.39, 0.29) is 11.5 Å². The van der Waals surface area contributed by atoms with E-state index >= 15 is 0 Å². The molecule has 0 spiro atoms. The van der Waals surface area contributed by atoms with Gasteiger partial charge in [-0.1, -0.05) is 65.4 Å². The van der Waals surface area contributed by atoms with Gasteiger partial charge >= 0.3 is 0 Å². The minimum absolute atomic E-state index is 0.230. The molecule has 0 aliphatic carbocycles. The molecule has 0 bridgehead atoms. The summed E-state index contributed by atoms with van der Waals surface area (Å²) in [7, 11) is 0. The van der Waals surface area contributed by atoms with Crippen molar-refractivity contribution in [3.8, 4) is 10.7 Å². The van der Waals surface area contributed by atoms with Crippen molar-refractivity contribution in [3.05, 3.63) is 97.1 Å². The molecule has 4 heterocycles. The first-order chi connectivity index (χ1) is 15.6. The highest BCUT2D eigenvalue weighted by Crippen LogP contribution is 2.37. The third-order valence-electron chi connectivity index (χ3n) is 5.34. The van der Waals surface area contributed by atoms with Gasteiger partial charge in [0.2, 0.25) is 4.96 Å². The predicted molar refractivity (Wildman–Crippen MR) is 127 cm³/mol. The summed E-state index contributed by atoms with van der Waals surface area (Å²) in [6.45, 7) is 0.316. The Morgan fingerprint density at radius 1 is 0.969 bits per heavy atom. The van der Waals surface area contributed by atoms with Crippen LogP contribution in [0.3, 0.4) is 0 Å². The Labute approximate surface area is 194 Å². The van der Waals surface area contributed by atoms with Crippen LogP contribution in [0.4, 0.5) is 5.69 Å². The molecule has 0 saturated heterocycles. The molecule has 0 N–H and O–H groups in total. The van der Waals surface area contributed by atoms with Crippen LogP contribution < -0.4 is 15.0 Å². The van der Waals surface area contributed by atoms with Gasteiger partial charge in [-0.25, -0.2) is 0 Å². The lowest BCUT2D eigenvalue weighted by atomic mass is 10.1. The molecule has 32 heavy (non-hydrogen) atoms. The average molecular weight is 477 g/mol. The van der Waals surface area contributed by atoms with Crippen LogP contribution in [0.25, 0.3) is 21.2 Å². The average Bonchev–Trinajstić information content (AvgIpc) is 3.56. The number of aromatic nitrogens is 3. The number of thiophene rings is 1. The van der Waals surface area contributed by atoms with Gasteiger partial charge in [0, 0.05) is 10.6 Å². The monoisotopic (exact) mass is 476 g/mol. The summed E-state index contributed by atoms with van der Waals surface area (Å²) < 4.78 is 1.63. The highest BCUT2D eigenvalue weighted by Gasteiger charge is 2.34. The number of amides is 1. The number of fused-ring (bicyclic) bond motifs is 2. The van der Waals surface area contributed by atoms with Crippen molar-refractivity contribution in [1.29, 1.82) is 0 Å². The molecule has 3 aromatic heterocycles. The number of benzene rings is 2. The first kappa shape index (κ1) is 19.4. The highest BCUT2D eigenvalue weighted by atomic mass is 35.5. The van der Waals surface area contributed by atoms with Crippen LogP contribution in [-0.4, -0.2) is 20.5 Å². The number of para-hydroxylation sites is 1. The Kier molecular flexibility index (Phi) is 4.46. The Morgan fingerprint density at radius 2 is 1.78 bits per heavy atom. The summed E-state index contributed by atoms with van der Waals surface area (Å²) in [5.41, 5.74) is 2.37. The molecule has 5 aromatic rings. The second-order valence-electron chi connectivity index (χ2n) is 7.22. The first-order valence-electron chi connectivity index (χ1n) is 9.74. The number of hydrogen-bond donors (Lipinski definition) is 0. The van der Waals surface area contributed by atoms with Gasteiger partial charge in [0.15, 0.2) is 5.82 Å². The lowest BCUT2D eigenvalue weighted by Crippen LogP contribution is -2.32. The molecule has 1 amide bonds. The van der Waals surface area contributed by atoms with E-state index in [2.05, 4.69) is 10.1 Å². The largest absolute Gasteiger partial charge is 0.303 e. The third kappa shape index (κ3) is 2.91. The molecule has 6 rings (SSSR count). The Morgan fingerprint density at radius 3 is 2.56 bits per heavy atom. The zero-order chi connectivity index (χ0) is 21.8. The zero-order valence-corrected chi connectivity index (χ0v) is 18.7. The van der Waals surface area contributed by atoms with E-state index in [9.17, 15) is 9.59 Å². The predicted octanol–water partition coefficient (Wildman–Crippen LogP) is 4.00. The third-order valence-corrected chi connectivity index (χ3v) is 7.60. The van der Waals surface area contributed by atoms with Crippen LogP contribution in [0.2, 0.25) is 5.02 Å². The highest BCUT2D eigenvalue weighted by molar-refractivity contribution is 7.15. The van der Waals surface area contributed by atoms with E-state index in [4.69, 9.17) is 11.6 Å². The second kappa shape index (κ2) is 7.37. The molecule has 9 heteroatoms. The standard InChI is InChI=1S/C23H13ClN4O2S2/c24-15-8-3-1-6-13(15)12-27-16-9-4-2-7-14(16)18(21(27)29)19-22(30)28-23(32-19)25-20(26-28)17-10-5-11-31-17/h1-11H,12H2. The van der Waals surface area contributed by atoms with Gasteiger partial charge < -0.3 is 4.90 Å². The number of hydrogen-bond acceptors (Lipinski definition) is 6. The maximum absolute atomic E-state index is 13.5. The van der Waals surface area contributed by atoms with Gasteiger partial charge in [-0.05, 0) is 29.1 Å². The summed E-state index contributed by atoms with van der Waals surface area (Å²) >= 11 is 9.04. The minimum atomic E-state index is -0.335. The SMILES string of the molecule is O=C1C(=c2sc3nc(-c4cccs4)nn3c2=O)c2ccccc2N1Cc1ccccc1Cl. The van der Waals surface area contributed by atoms with E-state index in [0.717, 1.165) is 21.7 Å². The fourth-order valence-corrected chi connectivity index (χ4v) is 5.70. The summed E-state index contributed by atoms with van der Waals surface area (Å²) in [5, 5.41) is 6.91. The fourth-order valence-electron chi connectivity index (χ4n) is 3.85. The van der Waals surface area contributed by atoms with Gasteiger partial charge in [-0.15, -0.1) is 16.4 Å². The van der Waals surface area contributed by atoms with Gasteiger partial charge in [0.25, 0.3) is 11.5 Å². The molecule has 6 nitrogen and oxygen atoms in total. The van der Waals surface area contributed by atoms with Crippen molar-refractivity contribution in [2.75, 3.05) is 4.90 Å². The molecular formula is C23H13ClN4O2S2. The van der Waals surface area contributed by atoms with Crippen LogP contribution in [0, 0.1) is 0 Å². The van der Waals surface area contributed by atoms with Crippen LogP contribution in [-0.2, 0) is 11.3 Å². The summed E-state index contributed by atoms with van der Waals surface area (Å²) in [4.78, 5) is 34.3. The molecule has 0 fully saturated rings. The van der Waals surface area contributed by atoms with Gasteiger partial charge in [-0.2, -0.15) is 9.50 Å². The van der Waals surface area contributed by atoms with E-state index in [1.165, 1.54) is 27.2 Å². The van der Waals surface area contributed by atoms with Crippen molar-refractivity contribution < 1.29 is 4.79 Å². The number of halogens is 1. The van der Waals surface area contributed by atoms with Crippen LogP contribution in [0.15, 0.2) is 70.8 Å². The van der Waals surface area contributed by atoms with Crippen LogP contribution in [0.1, 0.15) is 11.1 Å². The Balaban J connectivity index is 1.52. The number of thiazole rings is 1. The topological polar surface area (TPSA) is 67.6 Å². The van der Waals surface area contributed by atoms with Gasteiger partial charge in [0.1, 0.15) is 4.53 Å². The molecule has 1 aliphatic heterocycles. The molecule has 2 aromatic carbocycles. The molecule has 0 atom stereocenters. The lowest BCUT2D eigenvalue weighted by molar-refractivity contribution is -0.113. The fraction of sp³-hybridized carbons (Fsp3) is 0.0435. The number of nitrogens with zero attached hydrogens (tertiary/aromatic N) is 4. The van der Waals surface area contributed by atoms with Gasteiger partial charge in [-0.3, -0.25) is 9.59 Å². The number of anilines is 1. The van der Waals surface area contributed by atoms with Crippen molar-refractivity contribution in [2.24, 2.45) is 0 Å². The van der Waals surface area contributed by atoms with Crippen molar-refractivity contribution in [1.82, 2.24) is 14.6 Å². The molecular weight excluding hydrogens is 464 g/mol. The van der Waals surface area contributed by atoms with E-state index in [0.29, 0.717) is 32.5 Å². The normalized spacial score (nSPS) is 15.0. The minimum Gasteiger partial charge on any atom is -0.303 e. The summed E-state index contributed by atoms with van der Waals surface area (Å²) in [5.74, 6) is 0.282. The smallest absolute Gasteiger partial charge is 0.291 e. The van der Waals surface area contributed by atoms with E-state index in [1.807, 2.05) is 60.0 Å². The summed E-state index contributed by atoms with van der Waals surface area (Å²) in [6.07, 6.45) is 0. The number of carbonyl (C=O) groups is 1. The lowest BCUT2D eigenvalue weighted by Gasteiger charge is -2.17. The summed E-state index contributed by atoms with van der Waals surface area (Å²) in [6, 6.07) is 18.7. The van der Waals surface area contributed by atoms with Crippen molar-refractivity contribution in [3.63, 3.8) is 0 Å². The van der Waals surface area contributed by atoms with Gasteiger partial charge in [0.05, 0.1) is 22.7 Å². The quantitative estimate of drug-likeness (QED) is 0.395. The van der Waals surface area contributed by atoms with E-state index < -0.39 is 0 Å². The molecule has 0 unspecified atom stereocenters. The Bertz CT molecular complexity index is 1620. The van der Waals surface area contributed by atoms with Crippen LogP contribution in [0.5, 0.6) is 0 Å².